The number of carbonyl (C=O) groups is 1. The molecular weight excluding hydrogens is 192 g/mol. The van der Waals surface area contributed by atoms with Crippen LogP contribution in [0.5, 0.6) is 5.75 Å². The van der Waals surface area contributed by atoms with E-state index in [4.69, 9.17) is 4.74 Å². The third kappa shape index (κ3) is 5.67. The lowest BCUT2D eigenvalue weighted by atomic mass is 10.3. The van der Waals surface area contributed by atoms with Gasteiger partial charge in [0, 0.05) is 19.7 Å². The van der Waals surface area contributed by atoms with E-state index in [1.165, 1.54) is 6.92 Å². The van der Waals surface area contributed by atoms with Crippen LogP contribution in [0.15, 0.2) is 18.5 Å². The lowest BCUT2D eigenvalue weighted by molar-refractivity contribution is -0.119. The standard InChI is InChI=1S/C9H12N2O2.C2H6/c1-7(12)11-5-8-3-9(13-2)6-10-4-8;1-2/h3-4,6H,5H2,1-2H3,(H,11,12);1-2H3. The molecule has 0 saturated carbocycles. The fourth-order valence-electron chi connectivity index (χ4n) is 0.899. The molecule has 15 heavy (non-hydrogen) atoms. The Morgan fingerprint density at radius 1 is 1.47 bits per heavy atom. The Balaban J connectivity index is 0.000000921. The van der Waals surface area contributed by atoms with Gasteiger partial charge in [0.1, 0.15) is 5.75 Å². The Morgan fingerprint density at radius 2 is 2.13 bits per heavy atom. The van der Waals surface area contributed by atoms with E-state index in [0.717, 1.165) is 5.56 Å². The third-order valence-corrected chi connectivity index (χ3v) is 1.55. The maximum absolute atomic E-state index is 10.6. The number of nitrogens with zero attached hydrogens (tertiary/aromatic N) is 1. The number of carbonyl (C=O) groups excluding carboxylic acids is 1. The molecule has 1 heterocycles. The molecule has 1 aromatic rings. The van der Waals surface area contributed by atoms with Crippen molar-refractivity contribution in [3.63, 3.8) is 0 Å². The first-order valence-electron chi connectivity index (χ1n) is 4.94. The minimum absolute atomic E-state index is 0.0529. The van der Waals surface area contributed by atoms with Crippen molar-refractivity contribution in [3.05, 3.63) is 24.0 Å². The van der Waals surface area contributed by atoms with Crippen LogP contribution in [0.3, 0.4) is 0 Å². The Bertz CT molecular complexity index is 300. The molecule has 84 valence electrons. The van der Waals surface area contributed by atoms with Crippen LogP contribution in [-0.4, -0.2) is 18.0 Å². The topological polar surface area (TPSA) is 51.2 Å². The molecule has 0 aliphatic heterocycles. The summed E-state index contributed by atoms with van der Waals surface area (Å²) in [5, 5.41) is 2.68. The van der Waals surface area contributed by atoms with Gasteiger partial charge in [-0.15, -0.1) is 0 Å². The number of hydrogen-bond donors (Lipinski definition) is 1. The summed E-state index contributed by atoms with van der Waals surface area (Å²) in [6.45, 7) is 5.97. The molecule has 4 nitrogen and oxygen atoms in total. The number of amides is 1. The van der Waals surface area contributed by atoms with E-state index in [1.807, 2.05) is 19.9 Å². The highest BCUT2D eigenvalue weighted by molar-refractivity contribution is 5.72. The first-order chi connectivity index (χ1) is 7.22. The van der Waals surface area contributed by atoms with Crippen molar-refractivity contribution in [1.29, 1.82) is 0 Å². The zero-order valence-electron chi connectivity index (χ0n) is 9.70. The van der Waals surface area contributed by atoms with E-state index in [2.05, 4.69) is 10.3 Å². The lowest BCUT2D eigenvalue weighted by Crippen LogP contribution is -2.18. The van der Waals surface area contributed by atoms with Crippen LogP contribution in [-0.2, 0) is 11.3 Å². The summed E-state index contributed by atoms with van der Waals surface area (Å²) in [5.74, 6) is 0.644. The predicted octanol–water partition coefficient (Wildman–Crippen LogP) is 1.75. The molecule has 0 unspecified atom stereocenters. The smallest absolute Gasteiger partial charge is 0.217 e. The molecule has 0 spiro atoms. The molecule has 0 aromatic carbocycles. The van der Waals surface area contributed by atoms with Crippen LogP contribution in [0.4, 0.5) is 0 Å². The molecule has 1 N–H and O–H groups in total. The van der Waals surface area contributed by atoms with Crippen molar-refractivity contribution in [2.45, 2.75) is 27.3 Å². The maximum atomic E-state index is 10.6. The van der Waals surface area contributed by atoms with E-state index >= 15 is 0 Å². The monoisotopic (exact) mass is 210 g/mol. The van der Waals surface area contributed by atoms with Crippen molar-refractivity contribution in [2.75, 3.05) is 7.11 Å². The minimum Gasteiger partial charge on any atom is -0.495 e. The highest BCUT2D eigenvalue weighted by Gasteiger charge is 1.97. The van der Waals surface area contributed by atoms with Gasteiger partial charge in [-0.3, -0.25) is 9.78 Å². The first-order valence-corrected chi connectivity index (χ1v) is 4.94. The number of rotatable bonds is 3. The highest BCUT2D eigenvalue weighted by Crippen LogP contribution is 2.09. The average molecular weight is 210 g/mol. The summed E-state index contributed by atoms with van der Waals surface area (Å²) in [7, 11) is 1.58. The van der Waals surface area contributed by atoms with Crippen molar-refractivity contribution >= 4 is 5.91 Å². The maximum Gasteiger partial charge on any atom is 0.217 e. The second-order valence-corrected chi connectivity index (χ2v) is 2.64. The van der Waals surface area contributed by atoms with Gasteiger partial charge in [-0.05, 0) is 11.6 Å². The van der Waals surface area contributed by atoms with Gasteiger partial charge >= 0.3 is 0 Å². The van der Waals surface area contributed by atoms with Gasteiger partial charge in [-0.2, -0.15) is 0 Å². The molecule has 0 bridgehead atoms. The molecule has 0 aliphatic carbocycles. The molecule has 0 atom stereocenters. The van der Waals surface area contributed by atoms with E-state index in [-0.39, 0.29) is 5.91 Å². The van der Waals surface area contributed by atoms with Crippen molar-refractivity contribution in [1.82, 2.24) is 10.3 Å². The highest BCUT2D eigenvalue weighted by atomic mass is 16.5. The SMILES string of the molecule is CC.COc1cncc(CNC(C)=O)c1. The Kier molecular flexibility index (Phi) is 6.97. The van der Waals surface area contributed by atoms with Gasteiger partial charge in [0.15, 0.2) is 0 Å². The second-order valence-electron chi connectivity index (χ2n) is 2.64. The van der Waals surface area contributed by atoms with Crippen LogP contribution in [0.2, 0.25) is 0 Å². The summed E-state index contributed by atoms with van der Waals surface area (Å²) >= 11 is 0. The molecule has 4 heteroatoms. The third-order valence-electron chi connectivity index (χ3n) is 1.55. The second kappa shape index (κ2) is 7.79. The van der Waals surface area contributed by atoms with Gasteiger partial charge in [0.05, 0.1) is 13.3 Å². The van der Waals surface area contributed by atoms with Gasteiger partial charge in [0.2, 0.25) is 5.91 Å². The van der Waals surface area contributed by atoms with Crippen LogP contribution in [0.25, 0.3) is 0 Å². The van der Waals surface area contributed by atoms with Gasteiger partial charge < -0.3 is 10.1 Å². The molecule has 1 rings (SSSR count). The Morgan fingerprint density at radius 3 is 2.67 bits per heavy atom. The summed E-state index contributed by atoms with van der Waals surface area (Å²) in [6.07, 6.45) is 3.32. The average Bonchev–Trinajstić information content (AvgIpc) is 2.29. The number of nitrogens with one attached hydrogen (secondary N) is 1. The molecular formula is C11H18N2O2. The van der Waals surface area contributed by atoms with Crippen molar-refractivity contribution < 1.29 is 9.53 Å². The van der Waals surface area contributed by atoms with E-state index in [0.29, 0.717) is 12.3 Å². The summed E-state index contributed by atoms with van der Waals surface area (Å²) in [4.78, 5) is 14.6. The molecule has 0 radical (unpaired) electrons. The van der Waals surface area contributed by atoms with E-state index in [1.54, 1.807) is 19.5 Å². The number of ether oxygens (including phenoxy) is 1. The van der Waals surface area contributed by atoms with Crippen LogP contribution >= 0.6 is 0 Å². The predicted molar refractivity (Wildman–Crippen MR) is 59.7 cm³/mol. The van der Waals surface area contributed by atoms with Crippen LogP contribution in [0, 0.1) is 0 Å². The van der Waals surface area contributed by atoms with Crippen LogP contribution < -0.4 is 10.1 Å². The lowest BCUT2D eigenvalue weighted by Gasteiger charge is -2.03. The van der Waals surface area contributed by atoms with Gasteiger partial charge in [-0.25, -0.2) is 0 Å². The minimum atomic E-state index is -0.0529. The molecule has 1 aromatic heterocycles. The summed E-state index contributed by atoms with van der Waals surface area (Å²) in [5.41, 5.74) is 0.926. The quantitative estimate of drug-likeness (QED) is 0.827. The zero-order chi connectivity index (χ0) is 11.7. The largest absolute Gasteiger partial charge is 0.495 e. The first kappa shape index (κ1) is 13.4. The zero-order valence-corrected chi connectivity index (χ0v) is 9.70. The Labute approximate surface area is 90.7 Å². The number of aromatic nitrogens is 1. The van der Waals surface area contributed by atoms with Crippen molar-refractivity contribution in [3.8, 4) is 5.75 Å². The fourth-order valence-corrected chi connectivity index (χ4v) is 0.899. The number of hydrogen-bond acceptors (Lipinski definition) is 3. The fraction of sp³-hybridized carbons (Fsp3) is 0.455. The van der Waals surface area contributed by atoms with Gasteiger partial charge in [0.25, 0.3) is 0 Å². The van der Waals surface area contributed by atoms with E-state index in [9.17, 15) is 4.79 Å². The van der Waals surface area contributed by atoms with Crippen molar-refractivity contribution in [2.24, 2.45) is 0 Å². The molecule has 0 saturated heterocycles. The van der Waals surface area contributed by atoms with Gasteiger partial charge in [-0.1, -0.05) is 13.8 Å². The normalized spacial score (nSPS) is 8.53. The molecule has 1 amide bonds. The Hall–Kier alpha value is -1.58. The van der Waals surface area contributed by atoms with Crippen LogP contribution in [0.1, 0.15) is 26.3 Å². The summed E-state index contributed by atoms with van der Waals surface area (Å²) in [6, 6.07) is 1.84. The number of pyridine rings is 1. The summed E-state index contributed by atoms with van der Waals surface area (Å²) < 4.78 is 4.99. The van der Waals surface area contributed by atoms with E-state index < -0.39 is 0 Å². The molecule has 0 fully saturated rings. The molecule has 0 aliphatic rings. The number of methoxy groups -OCH3 is 1.